The summed E-state index contributed by atoms with van der Waals surface area (Å²) < 4.78 is 0. The Bertz CT molecular complexity index is 660. The topological polar surface area (TPSA) is 49.6 Å². The minimum Gasteiger partial charge on any atom is -0.308 e. The van der Waals surface area contributed by atoms with Gasteiger partial charge in [0.15, 0.2) is 0 Å². The summed E-state index contributed by atoms with van der Waals surface area (Å²) in [5.41, 5.74) is 4.26. The second-order valence-corrected chi connectivity index (χ2v) is 6.58. The molecule has 0 bridgehead atoms. The van der Waals surface area contributed by atoms with Gasteiger partial charge in [-0.05, 0) is 31.4 Å². The lowest BCUT2D eigenvalue weighted by molar-refractivity contribution is 0.612. The molecule has 1 aromatic carbocycles. The number of aromatic nitrogens is 2. The van der Waals surface area contributed by atoms with E-state index in [1.807, 2.05) is 52.0 Å². The third-order valence-corrected chi connectivity index (χ3v) is 4.39. The molecule has 1 aliphatic carbocycles. The van der Waals surface area contributed by atoms with Crippen LogP contribution in [0.15, 0.2) is 24.3 Å². The molecule has 1 aliphatic rings. The van der Waals surface area contributed by atoms with Crippen molar-refractivity contribution in [2.45, 2.75) is 60.3 Å². The molecule has 136 valence electrons. The maximum absolute atomic E-state index is 7.44. The van der Waals surface area contributed by atoms with Crippen LogP contribution in [0.25, 0.3) is 11.3 Å². The molecule has 0 unspecified atom stereocenters. The molecule has 1 aromatic heterocycles. The van der Waals surface area contributed by atoms with Crippen molar-refractivity contribution in [3.05, 3.63) is 46.4 Å². The van der Waals surface area contributed by atoms with Crippen LogP contribution in [0, 0.1) is 25.2 Å². The zero-order valence-electron chi connectivity index (χ0n) is 16.1. The zero-order chi connectivity index (χ0) is 18.8. The van der Waals surface area contributed by atoms with Gasteiger partial charge in [0.2, 0.25) is 5.28 Å². The predicted molar refractivity (Wildman–Crippen MR) is 109 cm³/mol. The Labute approximate surface area is 157 Å². The third-order valence-electron chi connectivity index (χ3n) is 4.22. The molecule has 1 saturated carbocycles. The molecule has 0 aliphatic heterocycles. The largest absolute Gasteiger partial charge is 0.308 e. The highest BCUT2D eigenvalue weighted by molar-refractivity contribution is 6.28. The van der Waals surface area contributed by atoms with Crippen LogP contribution >= 0.6 is 11.6 Å². The molecule has 25 heavy (non-hydrogen) atoms. The molecule has 1 N–H and O–H groups in total. The minimum absolute atomic E-state index is 0.212. The number of benzene rings is 1. The Morgan fingerprint density at radius 2 is 1.60 bits per heavy atom. The Balaban J connectivity index is 0.000000326. The zero-order valence-corrected chi connectivity index (χ0v) is 16.8. The average molecular weight is 360 g/mol. The lowest BCUT2D eigenvalue weighted by Crippen LogP contribution is -1.99. The summed E-state index contributed by atoms with van der Waals surface area (Å²) in [6, 6.07) is 7.96. The number of hydrogen-bond acceptors (Lipinski definition) is 3. The van der Waals surface area contributed by atoms with Crippen molar-refractivity contribution in [2.75, 3.05) is 0 Å². The van der Waals surface area contributed by atoms with Gasteiger partial charge >= 0.3 is 0 Å². The Morgan fingerprint density at radius 3 is 2.04 bits per heavy atom. The molecule has 1 heterocycles. The summed E-state index contributed by atoms with van der Waals surface area (Å²) >= 11 is 5.86. The fourth-order valence-corrected chi connectivity index (χ4v) is 2.99. The van der Waals surface area contributed by atoms with Crippen molar-refractivity contribution >= 4 is 17.8 Å². The Hall–Kier alpha value is -1.74. The van der Waals surface area contributed by atoms with Gasteiger partial charge in [-0.15, -0.1) is 0 Å². The summed E-state index contributed by atoms with van der Waals surface area (Å²) in [4.78, 5) is 8.26. The molecule has 1 fully saturated rings. The van der Waals surface area contributed by atoms with E-state index in [1.54, 1.807) is 0 Å². The summed E-state index contributed by atoms with van der Waals surface area (Å²) in [6.07, 6.45) is 7.21. The molecule has 0 radical (unpaired) electrons. The van der Waals surface area contributed by atoms with Gasteiger partial charge in [-0.1, -0.05) is 76.3 Å². The average Bonchev–Trinajstić information content (AvgIpc) is 3.08. The molecule has 3 nitrogen and oxygen atoms in total. The van der Waals surface area contributed by atoms with Crippen molar-refractivity contribution in [1.82, 2.24) is 9.97 Å². The lowest BCUT2D eigenvalue weighted by Gasteiger charge is -2.08. The number of nitrogens with zero attached hydrogens (tertiary/aromatic N) is 2. The van der Waals surface area contributed by atoms with E-state index in [2.05, 4.69) is 16.9 Å². The first kappa shape index (κ1) is 21.3. The molecule has 0 amide bonds. The normalized spacial score (nSPS) is 13.4. The molecular weight excluding hydrogens is 330 g/mol. The maximum Gasteiger partial charge on any atom is 0.223 e. The first-order valence-corrected chi connectivity index (χ1v) is 9.50. The second kappa shape index (κ2) is 11.0. The Kier molecular flexibility index (Phi) is 9.36. The first-order valence-electron chi connectivity index (χ1n) is 9.13. The SMILES string of the molecule is CC.CC1CCCC1.Cc1ccc(-c2nc(Cl)nc(C)c2C=N)cc1. The van der Waals surface area contributed by atoms with Gasteiger partial charge in [0.25, 0.3) is 0 Å². The monoisotopic (exact) mass is 359 g/mol. The van der Waals surface area contributed by atoms with Crippen molar-refractivity contribution in [1.29, 1.82) is 5.41 Å². The summed E-state index contributed by atoms with van der Waals surface area (Å²) in [5.74, 6) is 1.05. The van der Waals surface area contributed by atoms with Crippen LogP contribution in [-0.4, -0.2) is 16.2 Å². The van der Waals surface area contributed by atoms with E-state index >= 15 is 0 Å². The number of aryl methyl sites for hydroxylation is 2. The highest BCUT2D eigenvalue weighted by atomic mass is 35.5. The fraction of sp³-hybridized carbons (Fsp3) is 0.476. The van der Waals surface area contributed by atoms with Gasteiger partial charge < -0.3 is 5.41 Å². The van der Waals surface area contributed by atoms with Crippen LogP contribution in [-0.2, 0) is 0 Å². The number of halogens is 1. The number of nitrogens with one attached hydrogen (secondary N) is 1. The van der Waals surface area contributed by atoms with Crippen LogP contribution in [0.2, 0.25) is 5.28 Å². The molecule has 3 rings (SSSR count). The molecule has 0 spiro atoms. The molecular formula is C21H30ClN3. The number of rotatable bonds is 2. The summed E-state index contributed by atoms with van der Waals surface area (Å²) in [5, 5.41) is 7.65. The maximum atomic E-state index is 7.44. The molecule has 4 heteroatoms. The first-order chi connectivity index (χ1) is 12.0. The van der Waals surface area contributed by atoms with Gasteiger partial charge in [0.1, 0.15) is 0 Å². The van der Waals surface area contributed by atoms with Gasteiger partial charge in [-0.3, -0.25) is 0 Å². The molecule has 0 saturated heterocycles. The van der Waals surface area contributed by atoms with Gasteiger partial charge in [-0.2, -0.15) is 0 Å². The van der Waals surface area contributed by atoms with Gasteiger partial charge in [0, 0.05) is 17.3 Å². The Morgan fingerprint density at radius 1 is 1.04 bits per heavy atom. The van der Waals surface area contributed by atoms with E-state index in [1.165, 1.54) is 37.5 Å². The van der Waals surface area contributed by atoms with Crippen LogP contribution in [0.5, 0.6) is 0 Å². The van der Waals surface area contributed by atoms with E-state index in [-0.39, 0.29) is 5.28 Å². The van der Waals surface area contributed by atoms with Gasteiger partial charge in [0.05, 0.1) is 11.4 Å². The standard InChI is InChI=1S/C13H12ClN3.C6H12.C2H6/c1-8-3-5-10(6-4-8)12-11(7-15)9(2)16-13(14)17-12;1-6-4-2-3-5-6;1-2/h3-7,15H,1-2H3;6H,2-5H2,1H3;1-2H3. The predicted octanol–water partition coefficient (Wildman–Crippen LogP) is 6.63. The van der Waals surface area contributed by atoms with Crippen molar-refractivity contribution in [3.8, 4) is 11.3 Å². The third kappa shape index (κ3) is 6.58. The van der Waals surface area contributed by atoms with Gasteiger partial charge in [-0.25, -0.2) is 9.97 Å². The van der Waals surface area contributed by atoms with E-state index < -0.39 is 0 Å². The second-order valence-electron chi connectivity index (χ2n) is 6.24. The highest BCUT2D eigenvalue weighted by Gasteiger charge is 2.10. The quantitative estimate of drug-likeness (QED) is 0.483. The summed E-state index contributed by atoms with van der Waals surface area (Å²) in [6.45, 7) is 10.2. The van der Waals surface area contributed by atoms with E-state index in [0.29, 0.717) is 11.3 Å². The van der Waals surface area contributed by atoms with E-state index in [9.17, 15) is 0 Å². The van der Waals surface area contributed by atoms with Crippen LogP contribution < -0.4 is 0 Å². The van der Waals surface area contributed by atoms with Crippen LogP contribution in [0.3, 0.4) is 0 Å². The minimum atomic E-state index is 0.212. The fourth-order valence-electron chi connectivity index (χ4n) is 2.78. The van der Waals surface area contributed by atoms with Crippen molar-refractivity contribution < 1.29 is 0 Å². The van der Waals surface area contributed by atoms with Crippen LogP contribution in [0.1, 0.15) is 63.3 Å². The van der Waals surface area contributed by atoms with Crippen LogP contribution in [0.4, 0.5) is 0 Å². The van der Waals surface area contributed by atoms with Crippen molar-refractivity contribution in [3.63, 3.8) is 0 Å². The van der Waals surface area contributed by atoms with E-state index in [0.717, 1.165) is 17.2 Å². The smallest absolute Gasteiger partial charge is 0.223 e. The summed E-state index contributed by atoms with van der Waals surface area (Å²) in [7, 11) is 0. The molecule has 2 aromatic rings. The van der Waals surface area contributed by atoms with Crippen molar-refractivity contribution in [2.24, 2.45) is 5.92 Å². The lowest BCUT2D eigenvalue weighted by atomic mass is 10.0. The van der Waals surface area contributed by atoms with E-state index in [4.69, 9.17) is 17.0 Å². The highest BCUT2D eigenvalue weighted by Crippen LogP contribution is 2.24. The molecule has 0 atom stereocenters. The number of hydrogen-bond donors (Lipinski definition) is 1.